The Labute approximate surface area is 153 Å². The summed E-state index contributed by atoms with van der Waals surface area (Å²) in [4.78, 5) is 14.9. The van der Waals surface area contributed by atoms with Crippen molar-refractivity contribution in [2.24, 2.45) is 0 Å². The number of carbonyl (C=O) groups excluding carboxylic acids is 1. The lowest BCUT2D eigenvalue weighted by atomic mass is 10.0. The SMILES string of the molecule is COc1cccc(NC(=O)N2CCCCC[C@H]2c2ccc(Cl)cc2)c1. The van der Waals surface area contributed by atoms with E-state index >= 15 is 0 Å². The molecule has 0 saturated carbocycles. The van der Waals surface area contributed by atoms with Crippen LogP contribution >= 0.6 is 11.6 Å². The Bertz CT molecular complexity index is 718. The number of urea groups is 1. The molecule has 25 heavy (non-hydrogen) atoms. The fourth-order valence-corrected chi connectivity index (χ4v) is 3.41. The maximum absolute atomic E-state index is 12.9. The van der Waals surface area contributed by atoms with Gasteiger partial charge in [0.25, 0.3) is 0 Å². The Morgan fingerprint density at radius 1 is 1.16 bits per heavy atom. The van der Waals surface area contributed by atoms with Crippen molar-refractivity contribution in [3.8, 4) is 5.75 Å². The number of hydrogen-bond donors (Lipinski definition) is 1. The van der Waals surface area contributed by atoms with Crippen molar-refractivity contribution in [2.75, 3.05) is 19.0 Å². The van der Waals surface area contributed by atoms with Gasteiger partial charge >= 0.3 is 6.03 Å². The highest BCUT2D eigenvalue weighted by Gasteiger charge is 2.26. The van der Waals surface area contributed by atoms with Gasteiger partial charge in [-0.25, -0.2) is 4.79 Å². The molecule has 2 amide bonds. The van der Waals surface area contributed by atoms with E-state index in [0.717, 1.165) is 49.2 Å². The van der Waals surface area contributed by atoms with Crippen LogP contribution < -0.4 is 10.1 Å². The van der Waals surface area contributed by atoms with Crippen molar-refractivity contribution in [2.45, 2.75) is 31.7 Å². The smallest absolute Gasteiger partial charge is 0.322 e. The molecule has 2 aromatic rings. The molecule has 0 radical (unpaired) electrons. The second-order valence-electron chi connectivity index (χ2n) is 6.27. The molecule has 3 rings (SSSR count). The average molecular weight is 359 g/mol. The number of likely N-dealkylation sites (tertiary alicyclic amines) is 1. The number of benzene rings is 2. The minimum absolute atomic E-state index is 0.0740. The maximum atomic E-state index is 12.9. The lowest BCUT2D eigenvalue weighted by Crippen LogP contribution is -2.38. The number of halogens is 1. The fourth-order valence-electron chi connectivity index (χ4n) is 3.28. The van der Waals surface area contributed by atoms with Crippen LogP contribution in [0, 0.1) is 0 Å². The monoisotopic (exact) mass is 358 g/mol. The van der Waals surface area contributed by atoms with Gasteiger partial charge in [0.2, 0.25) is 0 Å². The van der Waals surface area contributed by atoms with Crippen LogP contribution in [0.2, 0.25) is 5.02 Å². The summed E-state index contributed by atoms with van der Waals surface area (Å²) in [6, 6.07) is 15.2. The van der Waals surface area contributed by atoms with Crippen LogP contribution in [0.5, 0.6) is 5.75 Å². The number of nitrogens with one attached hydrogen (secondary N) is 1. The molecular formula is C20H23ClN2O2. The summed E-state index contributed by atoms with van der Waals surface area (Å²) in [5.74, 6) is 0.725. The van der Waals surface area contributed by atoms with Gasteiger partial charge in [0, 0.05) is 23.3 Å². The molecule has 0 bridgehead atoms. The number of hydrogen-bond acceptors (Lipinski definition) is 2. The normalized spacial score (nSPS) is 17.7. The van der Waals surface area contributed by atoms with Gasteiger partial charge in [-0.15, -0.1) is 0 Å². The van der Waals surface area contributed by atoms with Gasteiger partial charge in [-0.05, 0) is 42.7 Å². The van der Waals surface area contributed by atoms with Crippen LogP contribution in [0.1, 0.15) is 37.3 Å². The van der Waals surface area contributed by atoms with E-state index in [4.69, 9.17) is 16.3 Å². The highest BCUT2D eigenvalue weighted by atomic mass is 35.5. The van der Waals surface area contributed by atoms with Gasteiger partial charge in [0.15, 0.2) is 0 Å². The molecule has 2 aromatic carbocycles. The fraction of sp³-hybridized carbons (Fsp3) is 0.350. The summed E-state index contributed by atoms with van der Waals surface area (Å²) in [5.41, 5.74) is 1.87. The molecule has 1 aliphatic rings. The summed E-state index contributed by atoms with van der Waals surface area (Å²) < 4.78 is 5.23. The number of methoxy groups -OCH3 is 1. The number of carbonyl (C=O) groups is 1. The first-order valence-corrected chi connectivity index (χ1v) is 9.02. The maximum Gasteiger partial charge on any atom is 0.322 e. The first-order valence-electron chi connectivity index (χ1n) is 8.64. The molecule has 132 valence electrons. The first-order chi connectivity index (χ1) is 12.2. The van der Waals surface area contributed by atoms with Crippen LogP contribution in [-0.4, -0.2) is 24.6 Å². The molecular weight excluding hydrogens is 336 g/mol. The third-order valence-electron chi connectivity index (χ3n) is 4.59. The van der Waals surface area contributed by atoms with Gasteiger partial charge in [-0.2, -0.15) is 0 Å². The molecule has 4 nitrogen and oxygen atoms in total. The number of rotatable bonds is 3. The van der Waals surface area contributed by atoms with Gasteiger partial charge < -0.3 is 15.0 Å². The quantitative estimate of drug-likeness (QED) is 0.787. The Hall–Kier alpha value is -2.20. The molecule has 1 fully saturated rings. The predicted molar refractivity (Wildman–Crippen MR) is 101 cm³/mol. The zero-order valence-electron chi connectivity index (χ0n) is 14.4. The zero-order valence-corrected chi connectivity index (χ0v) is 15.1. The van der Waals surface area contributed by atoms with Crippen LogP contribution in [0.3, 0.4) is 0 Å². The van der Waals surface area contributed by atoms with E-state index in [2.05, 4.69) is 5.32 Å². The Balaban J connectivity index is 1.80. The van der Waals surface area contributed by atoms with Crippen LogP contribution in [0.15, 0.2) is 48.5 Å². The summed E-state index contributed by atoms with van der Waals surface area (Å²) >= 11 is 6.01. The third-order valence-corrected chi connectivity index (χ3v) is 4.84. The van der Waals surface area contributed by atoms with Gasteiger partial charge in [-0.3, -0.25) is 0 Å². The van der Waals surface area contributed by atoms with Crippen molar-refractivity contribution in [3.05, 3.63) is 59.1 Å². The number of anilines is 1. The molecule has 0 aliphatic carbocycles. The third kappa shape index (κ3) is 4.45. The summed E-state index contributed by atoms with van der Waals surface area (Å²) in [7, 11) is 1.62. The van der Waals surface area contributed by atoms with Crippen LogP contribution in [-0.2, 0) is 0 Å². The topological polar surface area (TPSA) is 41.6 Å². The first kappa shape index (κ1) is 17.6. The van der Waals surface area contributed by atoms with Crippen LogP contribution in [0.25, 0.3) is 0 Å². The standard InChI is InChI=1S/C20H23ClN2O2/c1-25-18-7-5-6-17(14-18)22-20(24)23-13-4-2-3-8-19(23)15-9-11-16(21)12-10-15/h5-7,9-12,14,19H,2-4,8,13H2,1H3,(H,22,24)/t19-/m0/s1. The van der Waals surface area contributed by atoms with Crippen molar-refractivity contribution in [3.63, 3.8) is 0 Å². The van der Waals surface area contributed by atoms with E-state index in [0.29, 0.717) is 5.02 Å². The van der Waals surface area contributed by atoms with Gasteiger partial charge in [0.1, 0.15) is 5.75 Å². The van der Waals surface area contributed by atoms with E-state index in [9.17, 15) is 4.79 Å². The molecule has 5 heteroatoms. The molecule has 0 unspecified atom stereocenters. The molecule has 1 saturated heterocycles. The van der Waals surface area contributed by atoms with Crippen LogP contribution in [0.4, 0.5) is 10.5 Å². The molecule has 0 aromatic heterocycles. The van der Waals surface area contributed by atoms with E-state index in [1.807, 2.05) is 53.4 Å². The Morgan fingerprint density at radius 3 is 2.72 bits per heavy atom. The predicted octanol–water partition coefficient (Wildman–Crippen LogP) is 5.50. The van der Waals surface area contributed by atoms with Gasteiger partial charge in [0.05, 0.1) is 13.2 Å². The van der Waals surface area contributed by atoms with E-state index < -0.39 is 0 Å². The van der Waals surface area contributed by atoms with E-state index in [-0.39, 0.29) is 12.1 Å². The second kappa shape index (κ2) is 8.26. The highest BCUT2D eigenvalue weighted by Crippen LogP contribution is 2.31. The Morgan fingerprint density at radius 2 is 1.96 bits per heavy atom. The lowest BCUT2D eigenvalue weighted by Gasteiger charge is -2.30. The highest BCUT2D eigenvalue weighted by molar-refractivity contribution is 6.30. The number of amides is 2. The van der Waals surface area contributed by atoms with Crippen molar-refractivity contribution in [1.82, 2.24) is 4.90 Å². The van der Waals surface area contributed by atoms with E-state index in [1.165, 1.54) is 0 Å². The molecule has 1 aliphatic heterocycles. The van der Waals surface area contributed by atoms with Crippen molar-refractivity contribution >= 4 is 23.3 Å². The van der Waals surface area contributed by atoms with Crippen molar-refractivity contribution in [1.29, 1.82) is 0 Å². The summed E-state index contributed by atoms with van der Waals surface area (Å²) in [6.45, 7) is 0.753. The lowest BCUT2D eigenvalue weighted by molar-refractivity contribution is 0.189. The molecule has 1 heterocycles. The minimum Gasteiger partial charge on any atom is -0.497 e. The molecule has 1 atom stereocenters. The number of nitrogens with zero attached hydrogens (tertiary/aromatic N) is 1. The second-order valence-corrected chi connectivity index (χ2v) is 6.71. The van der Waals surface area contributed by atoms with Crippen molar-refractivity contribution < 1.29 is 9.53 Å². The Kier molecular flexibility index (Phi) is 5.82. The summed E-state index contributed by atoms with van der Waals surface area (Å²) in [5, 5.41) is 3.72. The van der Waals surface area contributed by atoms with Gasteiger partial charge in [-0.1, -0.05) is 42.6 Å². The average Bonchev–Trinajstić information content (AvgIpc) is 2.88. The molecule has 1 N–H and O–H groups in total. The summed E-state index contributed by atoms with van der Waals surface area (Å²) in [6.07, 6.45) is 4.26. The van der Waals surface area contributed by atoms with E-state index in [1.54, 1.807) is 7.11 Å². The zero-order chi connectivity index (χ0) is 17.6. The minimum atomic E-state index is -0.0740. The molecule has 0 spiro atoms. The largest absolute Gasteiger partial charge is 0.497 e. The number of ether oxygens (including phenoxy) is 1.